The maximum Gasteiger partial charge on any atom is 0.320 e. The van der Waals surface area contributed by atoms with Crippen LogP contribution in [0.4, 0.5) is 0 Å². The van der Waals surface area contributed by atoms with Crippen molar-refractivity contribution >= 4 is 5.97 Å². The van der Waals surface area contributed by atoms with Gasteiger partial charge in [-0.05, 0) is 19.3 Å². The van der Waals surface area contributed by atoms with Gasteiger partial charge in [-0.15, -0.1) is 0 Å². The summed E-state index contributed by atoms with van der Waals surface area (Å²) < 4.78 is 5.48. The lowest BCUT2D eigenvalue weighted by molar-refractivity contribution is -0.139. The van der Waals surface area contributed by atoms with E-state index < -0.39 is 12.0 Å². The van der Waals surface area contributed by atoms with Crippen molar-refractivity contribution in [3.05, 3.63) is 0 Å². The highest BCUT2D eigenvalue weighted by molar-refractivity contribution is 5.72. The Morgan fingerprint density at radius 1 is 1.54 bits per heavy atom. The lowest BCUT2D eigenvalue weighted by atomic mass is 10.2. The first kappa shape index (κ1) is 10.5. The number of aliphatic carboxylic acids is 1. The van der Waals surface area contributed by atoms with Crippen LogP contribution < -0.4 is 5.73 Å². The summed E-state index contributed by atoms with van der Waals surface area (Å²) in [5, 5.41) is 8.49. The number of carboxylic acid groups (broad SMARTS) is 1. The van der Waals surface area contributed by atoms with Crippen molar-refractivity contribution in [1.29, 1.82) is 0 Å². The van der Waals surface area contributed by atoms with Crippen LogP contribution in [0.2, 0.25) is 0 Å². The zero-order chi connectivity index (χ0) is 9.68. The van der Waals surface area contributed by atoms with Crippen molar-refractivity contribution in [2.75, 3.05) is 6.61 Å². The maximum absolute atomic E-state index is 10.3. The third kappa shape index (κ3) is 3.74. The molecule has 1 unspecified atom stereocenters. The second-order valence-corrected chi connectivity index (χ2v) is 3.51. The van der Waals surface area contributed by atoms with Gasteiger partial charge in [0, 0.05) is 6.61 Å². The summed E-state index contributed by atoms with van der Waals surface area (Å²) in [4.78, 5) is 10.3. The molecule has 3 N–H and O–H groups in total. The molecule has 1 fully saturated rings. The largest absolute Gasteiger partial charge is 0.480 e. The van der Waals surface area contributed by atoms with Gasteiger partial charge in [-0.2, -0.15) is 0 Å². The Labute approximate surface area is 78.1 Å². The third-order valence-corrected chi connectivity index (χ3v) is 2.40. The SMILES string of the molecule is NC(CCOC1CCCC1)C(=O)O. The topological polar surface area (TPSA) is 72.5 Å². The van der Waals surface area contributed by atoms with E-state index in [0.717, 1.165) is 12.8 Å². The Morgan fingerprint density at radius 2 is 2.15 bits per heavy atom. The van der Waals surface area contributed by atoms with Gasteiger partial charge in [0.15, 0.2) is 0 Å². The Bertz CT molecular complexity index is 166. The molecule has 0 aliphatic heterocycles. The first-order valence-corrected chi connectivity index (χ1v) is 4.80. The Hall–Kier alpha value is -0.610. The monoisotopic (exact) mass is 187 g/mol. The molecule has 0 bridgehead atoms. The second kappa shape index (κ2) is 5.19. The van der Waals surface area contributed by atoms with Crippen LogP contribution in [-0.2, 0) is 9.53 Å². The van der Waals surface area contributed by atoms with Gasteiger partial charge in [0.2, 0.25) is 0 Å². The first-order chi connectivity index (χ1) is 6.20. The van der Waals surface area contributed by atoms with Crippen molar-refractivity contribution in [3.8, 4) is 0 Å². The molecule has 4 heteroatoms. The minimum atomic E-state index is -0.949. The molecule has 0 heterocycles. The Balaban J connectivity index is 2.02. The molecule has 0 spiro atoms. The van der Waals surface area contributed by atoms with Crippen molar-refractivity contribution in [2.24, 2.45) is 5.73 Å². The number of carboxylic acids is 1. The van der Waals surface area contributed by atoms with Crippen molar-refractivity contribution < 1.29 is 14.6 Å². The molecule has 0 aromatic heterocycles. The number of ether oxygens (including phenoxy) is 1. The normalized spacial score (nSPS) is 20.4. The highest BCUT2D eigenvalue weighted by atomic mass is 16.5. The maximum atomic E-state index is 10.3. The molecule has 0 radical (unpaired) electrons. The zero-order valence-electron chi connectivity index (χ0n) is 7.74. The predicted octanol–water partition coefficient (Wildman–Crippen LogP) is 0.748. The fourth-order valence-electron chi connectivity index (χ4n) is 1.54. The van der Waals surface area contributed by atoms with Gasteiger partial charge in [-0.1, -0.05) is 12.8 Å². The average Bonchev–Trinajstić information content (AvgIpc) is 2.56. The van der Waals surface area contributed by atoms with Crippen molar-refractivity contribution in [2.45, 2.75) is 44.2 Å². The van der Waals surface area contributed by atoms with Crippen LogP contribution in [0, 0.1) is 0 Å². The molecule has 13 heavy (non-hydrogen) atoms. The molecular formula is C9H17NO3. The molecule has 1 atom stereocenters. The smallest absolute Gasteiger partial charge is 0.320 e. The third-order valence-electron chi connectivity index (χ3n) is 2.40. The van der Waals surface area contributed by atoms with E-state index in [0.29, 0.717) is 19.1 Å². The molecule has 0 aromatic carbocycles. The predicted molar refractivity (Wildman–Crippen MR) is 48.4 cm³/mol. The number of hydrogen-bond acceptors (Lipinski definition) is 3. The van der Waals surface area contributed by atoms with E-state index in [-0.39, 0.29) is 0 Å². The summed E-state index contributed by atoms with van der Waals surface area (Å²) in [6, 6.07) is -0.776. The summed E-state index contributed by atoms with van der Waals surface area (Å²) in [5.41, 5.74) is 5.32. The number of rotatable bonds is 5. The lowest BCUT2D eigenvalue weighted by Gasteiger charge is -2.12. The zero-order valence-corrected chi connectivity index (χ0v) is 7.74. The second-order valence-electron chi connectivity index (χ2n) is 3.51. The number of carbonyl (C=O) groups is 1. The van der Waals surface area contributed by atoms with Crippen LogP contribution in [0.15, 0.2) is 0 Å². The molecule has 1 aliphatic rings. The van der Waals surface area contributed by atoms with E-state index in [1.54, 1.807) is 0 Å². The van der Waals surface area contributed by atoms with E-state index in [2.05, 4.69) is 0 Å². The van der Waals surface area contributed by atoms with Crippen molar-refractivity contribution in [3.63, 3.8) is 0 Å². The van der Waals surface area contributed by atoms with E-state index in [1.165, 1.54) is 12.8 Å². The van der Waals surface area contributed by atoms with Gasteiger partial charge in [-0.3, -0.25) is 4.79 Å². The molecular weight excluding hydrogens is 170 g/mol. The molecule has 0 amide bonds. The van der Waals surface area contributed by atoms with Gasteiger partial charge in [0.1, 0.15) is 6.04 Å². The molecule has 1 rings (SSSR count). The quantitative estimate of drug-likeness (QED) is 0.666. The van der Waals surface area contributed by atoms with Crippen molar-refractivity contribution in [1.82, 2.24) is 0 Å². The summed E-state index contributed by atoms with van der Waals surface area (Å²) in [6.07, 6.45) is 5.45. The minimum Gasteiger partial charge on any atom is -0.480 e. The van der Waals surface area contributed by atoms with E-state index in [1.807, 2.05) is 0 Å². The van der Waals surface area contributed by atoms with Crippen LogP contribution in [0.1, 0.15) is 32.1 Å². The van der Waals surface area contributed by atoms with E-state index in [9.17, 15) is 4.79 Å². The fraction of sp³-hybridized carbons (Fsp3) is 0.889. The Morgan fingerprint density at radius 3 is 2.69 bits per heavy atom. The fourth-order valence-corrected chi connectivity index (χ4v) is 1.54. The minimum absolute atomic E-state index is 0.348. The standard InChI is InChI=1S/C9H17NO3/c10-8(9(11)12)5-6-13-7-3-1-2-4-7/h7-8H,1-6,10H2,(H,11,12). The van der Waals surface area contributed by atoms with Gasteiger partial charge in [-0.25, -0.2) is 0 Å². The van der Waals surface area contributed by atoms with Gasteiger partial charge in [0.25, 0.3) is 0 Å². The van der Waals surface area contributed by atoms with Crippen LogP contribution >= 0.6 is 0 Å². The molecule has 76 valence electrons. The van der Waals surface area contributed by atoms with Crippen LogP contribution in [0.25, 0.3) is 0 Å². The molecule has 0 saturated heterocycles. The lowest BCUT2D eigenvalue weighted by Crippen LogP contribution is -2.31. The molecule has 4 nitrogen and oxygen atoms in total. The molecule has 0 aromatic rings. The average molecular weight is 187 g/mol. The summed E-state index contributed by atoms with van der Waals surface area (Å²) in [5.74, 6) is -0.949. The molecule has 1 aliphatic carbocycles. The number of nitrogens with two attached hydrogens (primary N) is 1. The summed E-state index contributed by atoms with van der Waals surface area (Å²) in [6.45, 7) is 0.470. The highest BCUT2D eigenvalue weighted by Gasteiger charge is 2.16. The Kier molecular flexibility index (Phi) is 4.18. The van der Waals surface area contributed by atoms with Gasteiger partial charge in [0.05, 0.1) is 6.10 Å². The highest BCUT2D eigenvalue weighted by Crippen LogP contribution is 2.20. The van der Waals surface area contributed by atoms with E-state index >= 15 is 0 Å². The number of hydrogen-bond donors (Lipinski definition) is 2. The van der Waals surface area contributed by atoms with Gasteiger partial charge >= 0.3 is 5.97 Å². The van der Waals surface area contributed by atoms with Crippen LogP contribution in [0.5, 0.6) is 0 Å². The van der Waals surface area contributed by atoms with Crippen LogP contribution in [-0.4, -0.2) is 29.8 Å². The summed E-state index contributed by atoms with van der Waals surface area (Å²) >= 11 is 0. The summed E-state index contributed by atoms with van der Waals surface area (Å²) in [7, 11) is 0. The van der Waals surface area contributed by atoms with Gasteiger partial charge < -0.3 is 15.6 Å². The molecule has 1 saturated carbocycles. The first-order valence-electron chi connectivity index (χ1n) is 4.80. The van der Waals surface area contributed by atoms with E-state index in [4.69, 9.17) is 15.6 Å². The van der Waals surface area contributed by atoms with Crippen LogP contribution in [0.3, 0.4) is 0 Å².